The second-order valence-electron chi connectivity index (χ2n) is 13.9. The zero-order valence-electron chi connectivity index (χ0n) is 29.9. The number of fused-ring (bicyclic) bond motifs is 5. The molecule has 3 aliphatic rings. The van der Waals surface area contributed by atoms with Gasteiger partial charge in [-0.3, -0.25) is 14.4 Å². The smallest absolute Gasteiger partial charge is 0.407 e. The van der Waals surface area contributed by atoms with Crippen LogP contribution in [-0.2, 0) is 55.6 Å². The van der Waals surface area contributed by atoms with E-state index in [1.807, 2.05) is 31.2 Å². The molecule has 13 heteroatoms. The van der Waals surface area contributed by atoms with Crippen molar-refractivity contribution in [3.05, 3.63) is 109 Å². The van der Waals surface area contributed by atoms with Crippen LogP contribution in [0.4, 0.5) is 9.18 Å². The molecule has 4 heterocycles. The molecule has 0 bridgehead atoms. The summed E-state index contributed by atoms with van der Waals surface area (Å²) in [6, 6.07) is 10.2. The number of ketones is 1. The maximum Gasteiger partial charge on any atom is 0.407 e. The van der Waals surface area contributed by atoms with Gasteiger partial charge in [0.25, 0.3) is 5.56 Å². The average molecular weight is 725 g/mol. The average Bonchev–Trinajstić information content (AvgIpc) is 3.52. The molecule has 3 N–H and O–H groups in total. The van der Waals surface area contributed by atoms with Crippen LogP contribution >= 0.6 is 0 Å². The predicted molar refractivity (Wildman–Crippen MR) is 192 cm³/mol. The van der Waals surface area contributed by atoms with Crippen LogP contribution < -0.4 is 16.2 Å². The minimum Gasteiger partial charge on any atom is -0.490 e. The third kappa shape index (κ3) is 6.59. The minimum absolute atomic E-state index is 0.0197. The van der Waals surface area contributed by atoms with E-state index in [2.05, 4.69) is 17.2 Å². The van der Waals surface area contributed by atoms with Crippen LogP contribution in [0.15, 0.2) is 53.5 Å². The van der Waals surface area contributed by atoms with E-state index < -0.39 is 23.6 Å². The van der Waals surface area contributed by atoms with Crippen molar-refractivity contribution in [1.29, 1.82) is 0 Å². The Morgan fingerprint density at radius 1 is 1.15 bits per heavy atom. The summed E-state index contributed by atoms with van der Waals surface area (Å²) in [6.07, 6.45) is 0.484. The van der Waals surface area contributed by atoms with Crippen molar-refractivity contribution in [3.8, 4) is 11.4 Å². The molecule has 4 aromatic rings. The van der Waals surface area contributed by atoms with Crippen molar-refractivity contribution in [3.63, 3.8) is 0 Å². The van der Waals surface area contributed by atoms with Crippen molar-refractivity contribution >= 4 is 28.7 Å². The maximum atomic E-state index is 15.2. The summed E-state index contributed by atoms with van der Waals surface area (Å²) >= 11 is 0. The molecule has 0 saturated heterocycles. The van der Waals surface area contributed by atoms with Crippen molar-refractivity contribution in [2.75, 3.05) is 19.8 Å². The number of nitrogens with one attached hydrogen (secondary N) is 2. The Kier molecular flexibility index (Phi) is 9.64. The van der Waals surface area contributed by atoms with E-state index in [1.54, 1.807) is 24.5 Å². The zero-order valence-corrected chi connectivity index (χ0v) is 29.9. The number of Topliss-reactive ketones (excluding diaryl/α,β-unsaturated/α-hetero) is 1. The number of aliphatic hydroxyl groups is 1. The van der Waals surface area contributed by atoms with Gasteiger partial charge in [0.05, 0.1) is 48.2 Å². The van der Waals surface area contributed by atoms with Gasteiger partial charge in [0.2, 0.25) is 5.91 Å². The highest BCUT2D eigenvalue weighted by Gasteiger charge is 2.42. The lowest BCUT2D eigenvalue weighted by atomic mass is 9.81. The van der Waals surface area contributed by atoms with Crippen LogP contribution in [-0.4, -0.2) is 52.2 Å². The van der Waals surface area contributed by atoms with Crippen molar-refractivity contribution in [1.82, 2.24) is 20.2 Å². The summed E-state index contributed by atoms with van der Waals surface area (Å²) in [6.45, 7) is 9.01. The second-order valence-corrected chi connectivity index (χ2v) is 13.9. The molecule has 7 rings (SSSR count). The van der Waals surface area contributed by atoms with Crippen molar-refractivity contribution < 1.29 is 38.1 Å². The summed E-state index contributed by atoms with van der Waals surface area (Å²) in [4.78, 5) is 56.4. The van der Waals surface area contributed by atoms with Crippen LogP contribution in [0.3, 0.4) is 0 Å². The fourth-order valence-electron chi connectivity index (χ4n) is 7.54. The third-order valence-electron chi connectivity index (χ3n) is 10.6. The molecular formula is C40H41FN4O8. The number of amides is 2. The summed E-state index contributed by atoms with van der Waals surface area (Å²) in [5, 5.41) is 17.8. The van der Waals surface area contributed by atoms with Crippen molar-refractivity contribution in [2.45, 2.75) is 77.9 Å². The van der Waals surface area contributed by atoms with Crippen LogP contribution in [0.5, 0.6) is 0 Å². The Morgan fingerprint density at radius 2 is 1.92 bits per heavy atom. The largest absolute Gasteiger partial charge is 0.490 e. The first-order chi connectivity index (χ1) is 25.4. The molecule has 2 amide bonds. The maximum absolute atomic E-state index is 15.2. The first kappa shape index (κ1) is 36.0. The van der Waals surface area contributed by atoms with Gasteiger partial charge in [-0.05, 0) is 61.4 Å². The molecule has 2 aromatic heterocycles. The number of alkyl carbamates (subject to hydrolysis) is 1. The number of nitrogens with zero attached hydrogens (tertiary/aromatic N) is 2. The highest BCUT2D eigenvalue weighted by molar-refractivity contribution is 5.93. The molecule has 53 heavy (non-hydrogen) atoms. The number of hydrogen-bond acceptors (Lipinski definition) is 9. The van der Waals surface area contributed by atoms with Gasteiger partial charge in [-0.15, -0.1) is 0 Å². The number of aryl methyl sites for hydroxylation is 2. The van der Waals surface area contributed by atoms with Crippen LogP contribution in [0.25, 0.3) is 22.3 Å². The van der Waals surface area contributed by atoms with E-state index >= 15 is 4.39 Å². The van der Waals surface area contributed by atoms with Crippen molar-refractivity contribution in [2.24, 2.45) is 0 Å². The molecule has 0 saturated carbocycles. The predicted octanol–water partition coefficient (Wildman–Crippen LogP) is 4.83. The van der Waals surface area contributed by atoms with Gasteiger partial charge in [-0.2, -0.15) is 0 Å². The van der Waals surface area contributed by atoms with Crippen LogP contribution in [0.1, 0.15) is 76.7 Å². The van der Waals surface area contributed by atoms with Gasteiger partial charge in [0.15, 0.2) is 5.78 Å². The number of halogens is 1. The molecule has 2 aliphatic heterocycles. The number of aromatic nitrogens is 2. The van der Waals surface area contributed by atoms with Gasteiger partial charge in [-0.1, -0.05) is 43.3 Å². The first-order valence-corrected chi connectivity index (χ1v) is 17.7. The lowest BCUT2D eigenvalue weighted by Crippen LogP contribution is -2.38. The Labute approximate surface area is 305 Å². The van der Waals surface area contributed by atoms with E-state index in [4.69, 9.17) is 19.2 Å². The lowest BCUT2D eigenvalue weighted by molar-refractivity contribution is -0.128. The lowest BCUT2D eigenvalue weighted by Gasteiger charge is -2.35. The Hall–Kier alpha value is -5.40. The first-order valence-electron chi connectivity index (χ1n) is 17.7. The highest BCUT2D eigenvalue weighted by Crippen LogP contribution is 2.46. The number of benzene rings is 2. The van der Waals surface area contributed by atoms with Gasteiger partial charge in [0, 0.05) is 29.0 Å². The van der Waals surface area contributed by atoms with Gasteiger partial charge >= 0.3 is 6.09 Å². The van der Waals surface area contributed by atoms with Crippen LogP contribution in [0.2, 0.25) is 0 Å². The van der Waals surface area contributed by atoms with Crippen LogP contribution in [0, 0.1) is 19.7 Å². The SMILES string of the molecule is C=C1OCc2c(cc3n(c2=O)Cc2c-3nc3cc(F)c(C)c4c3c2[C@@H](NC(=O)COCCC(=O)CNC(=O)OCc2ccc(C)cc2)CC4)[C@@]1(O)CC. The number of carbonyl (C=O) groups is 3. The third-order valence-corrected chi connectivity index (χ3v) is 10.6. The van der Waals surface area contributed by atoms with Gasteiger partial charge in [-0.25, -0.2) is 14.2 Å². The second kappa shape index (κ2) is 14.2. The molecule has 2 atom stereocenters. The zero-order chi connectivity index (χ0) is 37.6. The topological polar surface area (TPSA) is 158 Å². The van der Waals surface area contributed by atoms with Gasteiger partial charge in [0.1, 0.15) is 37.0 Å². The number of rotatable bonds is 11. The molecule has 2 aromatic carbocycles. The Balaban J connectivity index is 1.04. The normalized spacial score (nSPS) is 18.1. The molecule has 0 unspecified atom stereocenters. The standard InChI is InChI=1S/C40H41FN4O8/c1-5-40(50)23(4)52-19-28-29(40)14-33-37-27(17-45(33)38(28)48)36-31(11-10-26-22(3)30(41)15-32(44-37)35(26)36)43-34(47)20-51-13-12-25(46)16-42-39(49)53-18-24-8-6-21(2)7-9-24/h6-9,14-15,31,50H,4-5,10-13,16-20H2,1-3H3,(H,42,49)(H,43,47)/t31-,40+/m0/s1. The Morgan fingerprint density at radius 3 is 2.68 bits per heavy atom. The monoisotopic (exact) mass is 724 g/mol. The number of carbonyl (C=O) groups excluding carboxylic acids is 3. The van der Waals surface area contributed by atoms with E-state index in [9.17, 15) is 24.3 Å². The summed E-state index contributed by atoms with van der Waals surface area (Å²) in [5.74, 6) is -0.920. The summed E-state index contributed by atoms with van der Waals surface area (Å²) < 4.78 is 33.1. The fourth-order valence-corrected chi connectivity index (χ4v) is 7.54. The molecule has 0 radical (unpaired) electrons. The highest BCUT2D eigenvalue weighted by atomic mass is 19.1. The number of ether oxygens (including phenoxy) is 3. The fraction of sp³-hybridized carbons (Fsp3) is 0.375. The van der Waals surface area contributed by atoms with Gasteiger partial charge < -0.3 is 34.5 Å². The summed E-state index contributed by atoms with van der Waals surface area (Å²) in [7, 11) is 0. The van der Waals surface area contributed by atoms with E-state index in [-0.39, 0.29) is 75.3 Å². The number of hydrogen-bond donors (Lipinski definition) is 3. The molecule has 0 fully saturated rings. The van der Waals surface area contributed by atoms with E-state index in [0.29, 0.717) is 46.4 Å². The molecule has 12 nitrogen and oxygen atoms in total. The molecule has 276 valence electrons. The van der Waals surface area contributed by atoms with E-state index in [1.165, 1.54) is 6.07 Å². The molecule has 0 spiro atoms. The summed E-state index contributed by atoms with van der Waals surface area (Å²) in [5.41, 5.74) is 5.03. The minimum atomic E-state index is -1.56. The van der Waals surface area contributed by atoms with E-state index in [0.717, 1.165) is 33.2 Å². The molecule has 1 aliphatic carbocycles. The Bertz CT molecular complexity index is 2250. The molecular weight excluding hydrogens is 683 g/mol. The number of pyridine rings is 2. The quantitative estimate of drug-likeness (QED) is 0.162.